The van der Waals surface area contributed by atoms with E-state index in [-0.39, 0.29) is 74.9 Å². The molecule has 4 aromatic heterocycles. The molecule has 554 valence electrons. The average Bonchev–Trinajstić information content (AvgIpc) is 1.77. The van der Waals surface area contributed by atoms with Crippen LogP contribution in [0.5, 0.6) is 0 Å². The van der Waals surface area contributed by atoms with E-state index in [4.69, 9.17) is 34.8 Å². The van der Waals surface area contributed by atoms with Gasteiger partial charge in [-0.05, 0) is 150 Å². The molecule has 0 aliphatic carbocycles. The maximum Gasteiger partial charge on any atom is 0.336 e. The molecule has 0 fully saturated rings. The molecule has 103 heavy (non-hydrogen) atoms. The number of benzene rings is 6. The fourth-order valence-electron chi connectivity index (χ4n) is 8.53. The average molecular weight is 1560 g/mol. The lowest BCUT2D eigenvalue weighted by atomic mass is 10.2. The molecule has 0 bridgehead atoms. The van der Waals surface area contributed by atoms with Crippen molar-refractivity contribution in [2.45, 2.75) is 84.9 Å². The van der Waals surface area contributed by atoms with Crippen LogP contribution in [-0.4, -0.2) is 104 Å². The lowest BCUT2D eigenvalue weighted by Crippen LogP contribution is -2.52. The van der Waals surface area contributed by atoms with Crippen LogP contribution in [-0.2, 0) is 24.8 Å². The Kier molecular flexibility index (Phi) is 36.2. The second-order valence-electron chi connectivity index (χ2n) is 24.4. The fourth-order valence-corrected chi connectivity index (χ4v) is 15.6. The minimum absolute atomic E-state index is 0.0147. The van der Waals surface area contributed by atoms with Gasteiger partial charge in [0.15, 0.2) is 0 Å². The second-order valence-corrected chi connectivity index (χ2v) is 33.0. The highest BCUT2D eigenvalue weighted by molar-refractivity contribution is 7.90. The van der Waals surface area contributed by atoms with Crippen LogP contribution < -0.4 is 58.9 Å². The van der Waals surface area contributed by atoms with Gasteiger partial charge in [0, 0.05) is 64.0 Å². The summed E-state index contributed by atoms with van der Waals surface area (Å²) in [5, 5.41) is 8.29. The van der Waals surface area contributed by atoms with Crippen LogP contribution in [0, 0.1) is 36.4 Å². The predicted molar refractivity (Wildman–Crippen MR) is 419 cm³/mol. The van der Waals surface area contributed by atoms with Crippen LogP contribution in [0.2, 0.25) is 10.0 Å². The molecule has 0 aliphatic rings. The monoisotopic (exact) mass is 1560 g/mol. The van der Waals surface area contributed by atoms with E-state index in [9.17, 15) is 50.0 Å². The molecule has 31 heteroatoms. The van der Waals surface area contributed by atoms with Gasteiger partial charge in [-0.1, -0.05) is 157 Å². The minimum atomic E-state index is -3.76. The number of sulfonamides is 2. The zero-order valence-corrected chi connectivity index (χ0v) is 64.9. The first-order valence-electron chi connectivity index (χ1n) is 32.7. The summed E-state index contributed by atoms with van der Waals surface area (Å²) in [7, 11) is -7.44. The van der Waals surface area contributed by atoms with Crippen molar-refractivity contribution in [2.24, 2.45) is 35.2 Å². The van der Waals surface area contributed by atoms with Crippen molar-refractivity contribution < 1.29 is 50.0 Å². The van der Waals surface area contributed by atoms with E-state index in [0.717, 1.165) is 93.2 Å². The number of nitrogens with two attached hydrogens (primary N) is 2. The van der Waals surface area contributed by atoms with Crippen LogP contribution in [0.25, 0.3) is 40.3 Å². The number of nitrogens with one attached hydrogen (secondary N) is 9. The van der Waals surface area contributed by atoms with Crippen molar-refractivity contribution in [2.75, 3.05) is 45.8 Å². The third-order valence-electron chi connectivity index (χ3n) is 13.6. The van der Waals surface area contributed by atoms with Crippen molar-refractivity contribution in [1.82, 2.24) is 52.3 Å². The third kappa shape index (κ3) is 29.3. The summed E-state index contributed by atoms with van der Waals surface area (Å²) >= 11 is 17.5. The molecular formula is C72H89Cl2FN12O10S6. The van der Waals surface area contributed by atoms with Crippen molar-refractivity contribution in [3.8, 4) is 0 Å². The second kappa shape index (κ2) is 43.4. The first kappa shape index (κ1) is 85.8. The molecule has 0 aliphatic heterocycles. The summed E-state index contributed by atoms with van der Waals surface area (Å²) in [6.07, 6.45) is 1.80. The van der Waals surface area contributed by atoms with Crippen LogP contribution in [0.1, 0.15) is 112 Å². The molecule has 0 unspecified atom stereocenters. The van der Waals surface area contributed by atoms with Gasteiger partial charge in [0.2, 0.25) is 20.0 Å². The Morgan fingerprint density at radius 1 is 0.515 bits per heavy atom. The van der Waals surface area contributed by atoms with Crippen molar-refractivity contribution in [3.05, 3.63) is 199 Å². The highest BCUT2D eigenvalue weighted by Gasteiger charge is 2.22. The Labute approximate surface area is 627 Å². The molecule has 0 saturated carbocycles. The van der Waals surface area contributed by atoms with Gasteiger partial charge in [-0.2, -0.15) is 0 Å². The number of carbonyl (C=O) groups excluding carboxylic acids is 6. The van der Waals surface area contributed by atoms with Gasteiger partial charge in [-0.15, -0.1) is 45.3 Å². The normalized spacial score (nSPS) is 11.1. The van der Waals surface area contributed by atoms with E-state index < -0.39 is 31.9 Å². The van der Waals surface area contributed by atoms with E-state index in [1.54, 1.807) is 18.2 Å². The topological polar surface area (TPSA) is 334 Å². The van der Waals surface area contributed by atoms with Gasteiger partial charge in [0.25, 0.3) is 23.6 Å². The molecule has 0 spiro atoms. The van der Waals surface area contributed by atoms with Gasteiger partial charge in [0.1, 0.15) is 21.9 Å². The number of carbonyl (C=O) groups is 6. The first-order valence-corrected chi connectivity index (χ1v) is 39.7. The zero-order chi connectivity index (χ0) is 75.8. The number of hydrogen-bond donors (Lipinski definition) is 11. The lowest BCUT2D eigenvalue weighted by molar-refractivity contribution is -0.110. The van der Waals surface area contributed by atoms with Gasteiger partial charge in [-0.3, -0.25) is 40.9 Å². The Morgan fingerprint density at radius 3 is 1.25 bits per heavy atom. The van der Waals surface area contributed by atoms with E-state index in [1.165, 1.54) is 56.4 Å². The molecule has 4 heterocycles. The van der Waals surface area contributed by atoms with Gasteiger partial charge in [0.05, 0.1) is 29.6 Å². The highest BCUT2D eigenvalue weighted by atomic mass is 35.5. The van der Waals surface area contributed by atoms with Crippen molar-refractivity contribution in [3.63, 3.8) is 0 Å². The summed E-state index contributed by atoms with van der Waals surface area (Å²) in [5.41, 5.74) is 22.2. The van der Waals surface area contributed by atoms with Gasteiger partial charge in [-0.25, -0.2) is 57.2 Å². The maximum absolute atomic E-state index is 12.8. The van der Waals surface area contributed by atoms with Gasteiger partial charge >= 0.3 is 6.03 Å². The molecule has 22 nitrogen and oxygen atoms in total. The van der Waals surface area contributed by atoms with E-state index in [0.29, 0.717) is 47.5 Å². The Morgan fingerprint density at radius 2 is 0.893 bits per heavy atom. The largest absolute Gasteiger partial charge is 0.337 e. The lowest BCUT2D eigenvalue weighted by Gasteiger charge is -2.25. The Bertz CT molecular complexity index is 4420. The molecule has 6 amide bonds. The Balaban J connectivity index is 0.000000240. The highest BCUT2D eigenvalue weighted by Crippen LogP contribution is 2.29. The van der Waals surface area contributed by atoms with Crippen LogP contribution in [0.3, 0.4) is 0 Å². The van der Waals surface area contributed by atoms with E-state index in [2.05, 4.69) is 75.0 Å². The molecule has 0 saturated heterocycles. The number of amides is 6. The quantitative estimate of drug-likeness (QED) is 0.00881. The molecule has 13 N–H and O–H groups in total. The number of urea groups is 1. The summed E-state index contributed by atoms with van der Waals surface area (Å²) in [6.45, 7) is 20.6. The van der Waals surface area contributed by atoms with Gasteiger partial charge < -0.3 is 15.8 Å². The zero-order valence-electron chi connectivity index (χ0n) is 58.5. The number of aryl methyl sites for hydroxylation is 1. The summed E-state index contributed by atoms with van der Waals surface area (Å²) in [5.74, 6) is 5.08. The number of hydrazine groups is 4. The standard InChI is InChI=1S/C24H29ClN4O4S2.2C13H16N2OS.C9H12ClFN2O2S.C9H8N2OS.C4H8O/c1-16(2)15-29(28-23(30)21-14-18-7-4-5-8-20(18)34-21)24(31)26-11-6-12-27-35(32,33)22-10-9-17(3)13-19(22)25;2*1-9(2)8-14-15-13(16)12-7-10-5-3-4-6-11(10)17-12;10-8-6-7(11)2-3-9(8)16(14,15)13-5-1-4-12;10-11-9(12)8-5-6-3-1-2-4-7(6)13-8;1-4(2)3-5/h4-5,7-10,13-14,16,27H,6,11-12,15H2,1-3H3,(H,26,31)(H,28,30);2*3-7,9,14H,8H2,1-2H3,(H,15,16);2-3,6,13H,1,4-5,12H2;1-5H,10H2,(H,11,12);3-4H,1-2H3. The number of aldehydes is 1. The number of nitrogens with zero attached hydrogens (tertiary/aromatic N) is 1. The number of thiophene rings is 4. The molecule has 0 radical (unpaired) electrons. The molecule has 0 atom stereocenters. The SMILES string of the molecule is CC(C)C=O.CC(C)CNNC(=O)c1cc2ccccc2s1.CC(C)CNNC(=O)c1cc2ccccc2s1.Cc1ccc(S(=O)(=O)NCCCNC(=O)N(CC(C)C)NC(=O)c2cc3ccccc3s2)c(Cl)c1.NCCCNS(=O)(=O)c1ccc(F)cc1Cl.NNC(=O)c1cc2ccccc2s1. The number of hydrogen-bond acceptors (Lipinski definition) is 18. The molecule has 10 rings (SSSR count). The maximum atomic E-state index is 12.8. The Hall–Kier alpha value is -7.85. The van der Waals surface area contributed by atoms with E-state index in [1.807, 2.05) is 150 Å². The van der Waals surface area contributed by atoms with E-state index >= 15 is 0 Å². The molecular weight excluding hydrogens is 1480 g/mol. The fraction of sp³-hybridized carbons (Fsp3) is 0.306. The molecule has 10 aromatic rings. The molecule has 6 aromatic carbocycles. The minimum Gasteiger partial charge on any atom is -0.337 e. The number of rotatable bonds is 24. The third-order valence-corrected chi connectivity index (χ3v) is 22.0. The van der Waals surface area contributed by atoms with Crippen LogP contribution in [0.15, 0.2) is 168 Å². The number of fused-ring (bicyclic) bond motifs is 4. The van der Waals surface area contributed by atoms with Crippen molar-refractivity contribution in [1.29, 1.82) is 0 Å². The number of halogens is 3. The van der Waals surface area contributed by atoms with Crippen molar-refractivity contribution >= 4 is 165 Å². The number of nitrogen functional groups attached to an aromatic ring is 1. The summed E-state index contributed by atoms with van der Waals surface area (Å²) in [6, 6.07) is 46.4. The van der Waals surface area contributed by atoms with Crippen LogP contribution in [0.4, 0.5) is 9.18 Å². The predicted octanol–water partition coefficient (Wildman–Crippen LogP) is 13.6. The smallest absolute Gasteiger partial charge is 0.336 e. The summed E-state index contributed by atoms with van der Waals surface area (Å²) < 4.78 is 70.2. The first-order chi connectivity index (χ1) is 48.9. The summed E-state index contributed by atoms with van der Waals surface area (Å²) in [4.78, 5) is 72.3. The van der Waals surface area contributed by atoms with Crippen LogP contribution >= 0.6 is 68.5 Å².